The van der Waals surface area contributed by atoms with Gasteiger partial charge in [-0.05, 0) is 51.0 Å². The first-order chi connectivity index (χ1) is 8.83. The summed E-state index contributed by atoms with van der Waals surface area (Å²) in [6, 6.07) is 0.578. The van der Waals surface area contributed by atoms with E-state index in [-0.39, 0.29) is 0 Å². The van der Waals surface area contributed by atoms with Crippen LogP contribution in [0.3, 0.4) is 0 Å². The molecule has 2 N–H and O–H groups in total. The Bertz CT molecular complexity index is 265. The van der Waals surface area contributed by atoms with Crippen molar-refractivity contribution in [3.8, 4) is 0 Å². The predicted molar refractivity (Wildman–Crippen MR) is 74.2 cm³/mol. The van der Waals surface area contributed by atoms with E-state index in [0.717, 1.165) is 44.7 Å². The van der Waals surface area contributed by atoms with Crippen LogP contribution in [0.5, 0.6) is 0 Å². The zero-order valence-electron chi connectivity index (χ0n) is 11.6. The summed E-state index contributed by atoms with van der Waals surface area (Å²) in [5, 5.41) is 0. The highest BCUT2D eigenvalue weighted by Gasteiger charge is 2.35. The van der Waals surface area contributed by atoms with Crippen LogP contribution in [-0.2, 0) is 4.79 Å². The molecule has 0 bridgehead atoms. The van der Waals surface area contributed by atoms with Gasteiger partial charge in [-0.1, -0.05) is 19.3 Å². The third-order valence-corrected chi connectivity index (χ3v) is 4.66. The largest absolute Gasteiger partial charge is 0.339 e. The van der Waals surface area contributed by atoms with E-state index >= 15 is 0 Å². The van der Waals surface area contributed by atoms with Crippen molar-refractivity contribution in [1.82, 2.24) is 4.90 Å². The third kappa shape index (κ3) is 3.47. The SMILES string of the molecule is NCCCCCC(=O)N1CCC[C@H]2CCCC[C@H]21. The molecule has 2 fully saturated rings. The van der Waals surface area contributed by atoms with E-state index in [9.17, 15) is 4.79 Å². The molecule has 2 rings (SSSR count). The third-order valence-electron chi connectivity index (χ3n) is 4.66. The highest BCUT2D eigenvalue weighted by molar-refractivity contribution is 5.76. The standard InChI is InChI=1S/C15H28N2O/c16-11-5-1-2-10-15(18)17-12-6-8-13-7-3-4-9-14(13)17/h13-14H,1-12,16H2/t13-,14-/m1/s1. The van der Waals surface area contributed by atoms with Gasteiger partial charge < -0.3 is 10.6 Å². The van der Waals surface area contributed by atoms with Crippen LogP contribution in [0.25, 0.3) is 0 Å². The van der Waals surface area contributed by atoms with E-state index in [1.807, 2.05) is 0 Å². The van der Waals surface area contributed by atoms with Crippen LogP contribution in [0.4, 0.5) is 0 Å². The molecule has 1 amide bonds. The van der Waals surface area contributed by atoms with Crippen LogP contribution in [0.2, 0.25) is 0 Å². The summed E-state index contributed by atoms with van der Waals surface area (Å²) in [7, 11) is 0. The van der Waals surface area contributed by atoms with E-state index in [2.05, 4.69) is 4.90 Å². The van der Waals surface area contributed by atoms with Crippen molar-refractivity contribution in [2.24, 2.45) is 11.7 Å². The summed E-state index contributed by atoms with van der Waals surface area (Å²) in [4.78, 5) is 14.5. The van der Waals surface area contributed by atoms with Crippen molar-refractivity contribution in [2.45, 2.75) is 70.3 Å². The minimum absolute atomic E-state index is 0.406. The van der Waals surface area contributed by atoms with Crippen LogP contribution in [0.1, 0.15) is 64.2 Å². The normalized spacial score (nSPS) is 27.9. The molecule has 3 nitrogen and oxygen atoms in total. The summed E-state index contributed by atoms with van der Waals surface area (Å²) < 4.78 is 0. The van der Waals surface area contributed by atoms with Crippen LogP contribution < -0.4 is 5.73 Å². The number of nitrogens with two attached hydrogens (primary N) is 1. The molecule has 0 aromatic rings. The Morgan fingerprint density at radius 2 is 1.83 bits per heavy atom. The van der Waals surface area contributed by atoms with Gasteiger partial charge >= 0.3 is 0 Å². The number of likely N-dealkylation sites (tertiary alicyclic amines) is 1. The molecule has 1 heterocycles. The van der Waals surface area contributed by atoms with Gasteiger partial charge in [-0.2, -0.15) is 0 Å². The average molecular weight is 252 g/mol. The number of carbonyl (C=O) groups excluding carboxylic acids is 1. The van der Waals surface area contributed by atoms with Crippen LogP contribution in [0, 0.1) is 5.92 Å². The van der Waals surface area contributed by atoms with Gasteiger partial charge in [0.1, 0.15) is 0 Å². The zero-order chi connectivity index (χ0) is 12.8. The number of hydrogen-bond donors (Lipinski definition) is 1. The van der Waals surface area contributed by atoms with Gasteiger partial charge in [-0.25, -0.2) is 0 Å². The van der Waals surface area contributed by atoms with Gasteiger partial charge in [0.25, 0.3) is 0 Å². The van der Waals surface area contributed by atoms with Gasteiger partial charge in [-0.3, -0.25) is 4.79 Å². The van der Waals surface area contributed by atoms with Crippen LogP contribution in [-0.4, -0.2) is 29.9 Å². The van der Waals surface area contributed by atoms with Crippen molar-refractivity contribution in [2.75, 3.05) is 13.1 Å². The smallest absolute Gasteiger partial charge is 0.222 e. The molecule has 1 aliphatic heterocycles. The molecule has 3 heteroatoms. The second kappa shape index (κ2) is 7.13. The first kappa shape index (κ1) is 13.9. The summed E-state index contributed by atoms with van der Waals surface area (Å²) in [6.45, 7) is 1.76. The Kier molecular flexibility index (Phi) is 5.48. The van der Waals surface area contributed by atoms with E-state index in [1.54, 1.807) is 0 Å². The lowest BCUT2D eigenvalue weighted by Gasteiger charge is -2.44. The minimum atomic E-state index is 0.406. The Balaban J connectivity index is 1.80. The fourth-order valence-corrected chi connectivity index (χ4v) is 3.68. The average Bonchev–Trinajstić information content (AvgIpc) is 2.43. The van der Waals surface area contributed by atoms with Crippen LogP contribution >= 0.6 is 0 Å². The van der Waals surface area contributed by atoms with E-state index in [0.29, 0.717) is 11.9 Å². The highest BCUT2D eigenvalue weighted by Crippen LogP contribution is 2.35. The van der Waals surface area contributed by atoms with Crippen LogP contribution in [0.15, 0.2) is 0 Å². The van der Waals surface area contributed by atoms with Crippen molar-refractivity contribution in [3.63, 3.8) is 0 Å². The molecule has 104 valence electrons. The van der Waals surface area contributed by atoms with Crippen molar-refractivity contribution < 1.29 is 4.79 Å². The number of piperidine rings is 1. The number of rotatable bonds is 5. The van der Waals surface area contributed by atoms with Crippen molar-refractivity contribution >= 4 is 5.91 Å². The quantitative estimate of drug-likeness (QED) is 0.765. The summed E-state index contributed by atoms with van der Waals surface area (Å²) in [6.07, 6.45) is 11.8. The predicted octanol–water partition coefficient (Wildman–Crippen LogP) is 2.69. The summed E-state index contributed by atoms with van der Waals surface area (Å²) in [5.41, 5.74) is 5.48. The molecular weight excluding hydrogens is 224 g/mol. The lowest BCUT2D eigenvalue weighted by atomic mass is 9.78. The molecule has 0 radical (unpaired) electrons. The van der Waals surface area contributed by atoms with E-state index in [1.165, 1.54) is 38.5 Å². The van der Waals surface area contributed by atoms with Gasteiger partial charge in [0, 0.05) is 19.0 Å². The van der Waals surface area contributed by atoms with E-state index in [4.69, 9.17) is 5.73 Å². The molecule has 18 heavy (non-hydrogen) atoms. The molecule has 0 aromatic carbocycles. The molecular formula is C15H28N2O. The molecule has 2 atom stereocenters. The van der Waals surface area contributed by atoms with E-state index < -0.39 is 0 Å². The Hall–Kier alpha value is -0.570. The maximum Gasteiger partial charge on any atom is 0.222 e. The highest BCUT2D eigenvalue weighted by atomic mass is 16.2. The molecule has 1 saturated carbocycles. The molecule has 0 unspecified atom stereocenters. The zero-order valence-corrected chi connectivity index (χ0v) is 11.6. The summed E-state index contributed by atoms with van der Waals surface area (Å²) >= 11 is 0. The molecule has 1 aliphatic carbocycles. The Labute approximate surface area is 111 Å². The number of carbonyl (C=O) groups is 1. The fraction of sp³-hybridized carbons (Fsp3) is 0.933. The molecule has 1 saturated heterocycles. The summed E-state index contributed by atoms with van der Waals surface area (Å²) in [5.74, 6) is 1.21. The Morgan fingerprint density at radius 1 is 1.06 bits per heavy atom. The molecule has 2 aliphatic rings. The van der Waals surface area contributed by atoms with Crippen molar-refractivity contribution in [1.29, 1.82) is 0 Å². The Morgan fingerprint density at radius 3 is 2.67 bits per heavy atom. The molecule has 0 aromatic heterocycles. The second-order valence-electron chi connectivity index (χ2n) is 5.94. The fourth-order valence-electron chi connectivity index (χ4n) is 3.68. The van der Waals surface area contributed by atoms with Gasteiger partial charge in [0.05, 0.1) is 0 Å². The first-order valence-electron chi connectivity index (χ1n) is 7.82. The number of fused-ring (bicyclic) bond motifs is 1. The topological polar surface area (TPSA) is 46.3 Å². The monoisotopic (exact) mass is 252 g/mol. The van der Waals surface area contributed by atoms with Gasteiger partial charge in [0.2, 0.25) is 5.91 Å². The number of hydrogen-bond acceptors (Lipinski definition) is 2. The number of amides is 1. The lowest BCUT2D eigenvalue weighted by molar-refractivity contribution is -0.137. The maximum atomic E-state index is 12.3. The number of unbranched alkanes of at least 4 members (excludes halogenated alkanes) is 2. The minimum Gasteiger partial charge on any atom is -0.339 e. The second-order valence-corrected chi connectivity index (χ2v) is 5.94. The number of nitrogens with zero attached hydrogens (tertiary/aromatic N) is 1. The lowest BCUT2D eigenvalue weighted by Crippen LogP contribution is -2.49. The first-order valence-corrected chi connectivity index (χ1v) is 7.82. The van der Waals surface area contributed by atoms with Crippen molar-refractivity contribution in [3.05, 3.63) is 0 Å². The maximum absolute atomic E-state index is 12.3. The van der Waals surface area contributed by atoms with Gasteiger partial charge in [-0.15, -0.1) is 0 Å². The molecule has 0 spiro atoms. The van der Waals surface area contributed by atoms with Gasteiger partial charge in [0.15, 0.2) is 0 Å².